The normalized spacial score (nSPS) is 13.8. The van der Waals surface area contributed by atoms with Crippen molar-refractivity contribution in [3.8, 4) is 11.3 Å². The molecule has 16 heavy (non-hydrogen) atoms. The molecular formula is C13H12N2O. The van der Waals surface area contributed by atoms with E-state index in [-0.39, 0.29) is 5.56 Å². The highest BCUT2D eigenvalue weighted by Crippen LogP contribution is 2.27. The Balaban J connectivity index is 2.24. The summed E-state index contributed by atoms with van der Waals surface area (Å²) in [6.45, 7) is 0. The van der Waals surface area contributed by atoms with E-state index < -0.39 is 0 Å². The summed E-state index contributed by atoms with van der Waals surface area (Å²) in [5, 5.41) is 6.78. The first-order chi connectivity index (χ1) is 7.86. The Morgan fingerprint density at radius 3 is 2.62 bits per heavy atom. The first kappa shape index (κ1) is 9.33. The van der Waals surface area contributed by atoms with E-state index in [1.807, 2.05) is 30.3 Å². The van der Waals surface area contributed by atoms with Crippen LogP contribution in [0.5, 0.6) is 0 Å². The topological polar surface area (TPSA) is 45.8 Å². The monoisotopic (exact) mass is 212 g/mol. The van der Waals surface area contributed by atoms with Crippen LogP contribution in [-0.2, 0) is 12.8 Å². The maximum Gasteiger partial charge on any atom is 0.267 e. The van der Waals surface area contributed by atoms with Gasteiger partial charge in [-0.15, -0.1) is 0 Å². The second-order valence-corrected chi connectivity index (χ2v) is 4.08. The van der Waals surface area contributed by atoms with Crippen LogP contribution < -0.4 is 5.56 Å². The Kier molecular flexibility index (Phi) is 2.10. The highest BCUT2D eigenvalue weighted by atomic mass is 16.1. The minimum atomic E-state index is -0.0211. The van der Waals surface area contributed by atoms with Gasteiger partial charge in [0.15, 0.2) is 0 Å². The third kappa shape index (κ3) is 1.36. The van der Waals surface area contributed by atoms with Gasteiger partial charge in [0.25, 0.3) is 5.56 Å². The van der Waals surface area contributed by atoms with Gasteiger partial charge in [-0.3, -0.25) is 4.79 Å². The van der Waals surface area contributed by atoms with Gasteiger partial charge in [-0.2, -0.15) is 5.10 Å². The minimum absolute atomic E-state index is 0.0211. The summed E-state index contributed by atoms with van der Waals surface area (Å²) in [7, 11) is 0. The van der Waals surface area contributed by atoms with E-state index in [2.05, 4.69) is 10.2 Å². The lowest BCUT2D eigenvalue weighted by molar-refractivity contribution is 0.907. The average molecular weight is 212 g/mol. The van der Waals surface area contributed by atoms with Crippen LogP contribution in [0.3, 0.4) is 0 Å². The molecule has 0 radical (unpaired) electrons. The van der Waals surface area contributed by atoms with Gasteiger partial charge in [-0.05, 0) is 24.8 Å². The van der Waals surface area contributed by atoms with E-state index >= 15 is 0 Å². The lowest BCUT2D eigenvalue weighted by Gasteiger charge is -2.05. The van der Waals surface area contributed by atoms with Gasteiger partial charge in [-0.1, -0.05) is 30.3 Å². The van der Waals surface area contributed by atoms with Gasteiger partial charge in [0, 0.05) is 11.1 Å². The van der Waals surface area contributed by atoms with E-state index in [0.717, 1.165) is 41.6 Å². The largest absolute Gasteiger partial charge is 0.268 e. The molecule has 1 aromatic carbocycles. The molecule has 1 aromatic heterocycles. The van der Waals surface area contributed by atoms with Crippen molar-refractivity contribution < 1.29 is 0 Å². The number of aromatic nitrogens is 2. The third-order valence-corrected chi connectivity index (χ3v) is 3.09. The number of benzene rings is 1. The van der Waals surface area contributed by atoms with Crippen molar-refractivity contribution in [1.82, 2.24) is 10.2 Å². The zero-order valence-electron chi connectivity index (χ0n) is 8.86. The Bertz CT molecular complexity index is 572. The molecule has 1 aliphatic carbocycles. The molecule has 0 bridgehead atoms. The molecule has 3 heteroatoms. The lowest BCUT2D eigenvalue weighted by Crippen LogP contribution is -2.15. The first-order valence-electron chi connectivity index (χ1n) is 5.52. The summed E-state index contributed by atoms with van der Waals surface area (Å²) in [6.07, 6.45) is 2.91. The summed E-state index contributed by atoms with van der Waals surface area (Å²) >= 11 is 0. The van der Waals surface area contributed by atoms with E-state index in [1.165, 1.54) is 0 Å². The first-order valence-corrected chi connectivity index (χ1v) is 5.52. The van der Waals surface area contributed by atoms with Crippen LogP contribution >= 0.6 is 0 Å². The SMILES string of the molecule is O=c1[nH]nc(-c2ccccc2)c2c1CCC2. The smallest absolute Gasteiger partial charge is 0.267 e. The molecule has 0 saturated carbocycles. The number of nitrogens with one attached hydrogen (secondary N) is 1. The molecule has 3 nitrogen and oxygen atoms in total. The third-order valence-electron chi connectivity index (χ3n) is 3.09. The Labute approximate surface area is 93.1 Å². The molecule has 1 heterocycles. The predicted octanol–water partition coefficient (Wildman–Crippen LogP) is 1.93. The van der Waals surface area contributed by atoms with Gasteiger partial charge in [0.2, 0.25) is 0 Å². The second-order valence-electron chi connectivity index (χ2n) is 4.08. The van der Waals surface area contributed by atoms with Crippen molar-refractivity contribution in [2.75, 3.05) is 0 Å². The van der Waals surface area contributed by atoms with Crippen LogP contribution in [-0.4, -0.2) is 10.2 Å². The number of hydrogen-bond donors (Lipinski definition) is 1. The molecule has 0 amide bonds. The summed E-state index contributed by atoms with van der Waals surface area (Å²) in [6, 6.07) is 10.0. The highest BCUT2D eigenvalue weighted by molar-refractivity contribution is 5.64. The Morgan fingerprint density at radius 1 is 1.06 bits per heavy atom. The average Bonchev–Trinajstić information content (AvgIpc) is 2.81. The van der Waals surface area contributed by atoms with Gasteiger partial charge >= 0.3 is 0 Å². The van der Waals surface area contributed by atoms with Crippen molar-refractivity contribution in [1.29, 1.82) is 0 Å². The van der Waals surface area contributed by atoms with Crippen LogP contribution in [0, 0.1) is 0 Å². The number of hydrogen-bond acceptors (Lipinski definition) is 2. The Hall–Kier alpha value is -1.90. The molecule has 0 aliphatic heterocycles. The Morgan fingerprint density at radius 2 is 1.81 bits per heavy atom. The zero-order chi connectivity index (χ0) is 11.0. The molecule has 0 saturated heterocycles. The van der Waals surface area contributed by atoms with Gasteiger partial charge in [0.1, 0.15) is 0 Å². The standard InChI is InChI=1S/C13H12N2O/c16-13-11-8-4-7-10(11)12(14-15-13)9-5-2-1-3-6-9/h1-3,5-6H,4,7-8H2,(H,15,16). The van der Waals surface area contributed by atoms with Crippen LogP contribution in [0.15, 0.2) is 35.1 Å². The van der Waals surface area contributed by atoms with Gasteiger partial charge in [-0.25, -0.2) is 5.10 Å². The fourth-order valence-electron chi connectivity index (χ4n) is 2.33. The van der Waals surface area contributed by atoms with Crippen molar-refractivity contribution in [3.63, 3.8) is 0 Å². The van der Waals surface area contributed by atoms with Crippen molar-refractivity contribution in [2.45, 2.75) is 19.3 Å². The molecule has 0 fully saturated rings. The summed E-state index contributed by atoms with van der Waals surface area (Å²) in [4.78, 5) is 11.6. The zero-order valence-corrected chi connectivity index (χ0v) is 8.86. The number of H-pyrrole nitrogens is 1. The van der Waals surface area contributed by atoms with Crippen LogP contribution in [0.4, 0.5) is 0 Å². The van der Waals surface area contributed by atoms with E-state index in [1.54, 1.807) is 0 Å². The molecule has 1 aliphatic rings. The van der Waals surface area contributed by atoms with Crippen molar-refractivity contribution in [2.24, 2.45) is 0 Å². The molecule has 2 aromatic rings. The van der Waals surface area contributed by atoms with Crippen molar-refractivity contribution >= 4 is 0 Å². The number of rotatable bonds is 1. The van der Waals surface area contributed by atoms with E-state index in [4.69, 9.17) is 0 Å². The van der Waals surface area contributed by atoms with Crippen molar-refractivity contribution in [3.05, 3.63) is 51.8 Å². The maximum absolute atomic E-state index is 11.6. The second kappa shape index (κ2) is 3.59. The summed E-state index contributed by atoms with van der Waals surface area (Å²) in [5.41, 5.74) is 4.06. The molecular weight excluding hydrogens is 200 g/mol. The van der Waals surface area contributed by atoms with Crippen LogP contribution in [0.1, 0.15) is 17.5 Å². The molecule has 1 N–H and O–H groups in total. The number of aromatic amines is 1. The van der Waals surface area contributed by atoms with Crippen LogP contribution in [0.2, 0.25) is 0 Å². The molecule has 80 valence electrons. The molecule has 0 atom stereocenters. The summed E-state index contributed by atoms with van der Waals surface area (Å²) < 4.78 is 0. The van der Waals surface area contributed by atoms with E-state index in [9.17, 15) is 4.79 Å². The van der Waals surface area contributed by atoms with Gasteiger partial charge in [0.05, 0.1) is 5.69 Å². The van der Waals surface area contributed by atoms with Gasteiger partial charge < -0.3 is 0 Å². The number of fused-ring (bicyclic) bond motifs is 1. The fourth-order valence-corrected chi connectivity index (χ4v) is 2.33. The summed E-state index contributed by atoms with van der Waals surface area (Å²) in [5.74, 6) is 0. The quantitative estimate of drug-likeness (QED) is 0.785. The number of nitrogens with zero attached hydrogens (tertiary/aromatic N) is 1. The fraction of sp³-hybridized carbons (Fsp3) is 0.231. The minimum Gasteiger partial charge on any atom is -0.268 e. The molecule has 0 unspecified atom stereocenters. The molecule has 0 spiro atoms. The molecule has 3 rings (SSSR count). The predicted molar refractivity (Wildman–Crippen MR) is 62.3 cm³/mol. The van der Waals surface area contributed by atoms with E-state index in [0.29, 0.717) is 0 Å². The highest BCUT2D eigenvalue weighted by Gasteiger charge is 2.19. The lowest BCUT2D eigenvalue weighted by atomic mass is 10.0. The van der Waals surface area contributed by atoms with Crippen LogP contribution in [0.25, 0.3) is 11.3 Å². The maximum atomic E-state index is 11.6.